The number of thioether (sulfide) groups is 1. The smallest absolute Gasteiger partial charge is 0.169 e. The van der Waals surface area contributed by atoms with Crippen LogP contribution in [0.5, 0.6) is 11.5 Å². The maximum atomic E-state index is 5.87. The number of aromatic nitrogens is 2. The molecule has 0 atom stereocenters. The fraction of sp³-hybridized carbons (Fsp3) is 0.409. The molecule has 1 heterocycles. The highest BCUT2D eigenvalue weighted by Gasteiger charge is 2.21. The van der Waals surface area contributed by atoms with E-state index in [1.807, 2.05) is 24.3 Å². The van der Waals surface area contributed by atoms with E-state index in [9.17, 15) is 0 Å². The van der Waals surface area contributed by atoms with Crippen LogP contribution in [0.1, 0.15) is 38.1 Å². The summed E-state index contributed by atoms with van der Waals surface area (Å²) in [6.07, 6.45) is 6.53. The van der Waals surface area contributed by atoms with Crippen LogP contribution in [0.2, 0.25) is 0 Å². The molecule has 1 fully saturated rings. The first-order chi connectivity index (χ1) is 13.3. The molecule has 1 aromatic heterocycles. The van der Waals surface area contributed by atoms with Crippen molar-refractivity contribution in [2.75, 3.05) is 19.5 Å². The van der Waals surface area contributed by atoms with Gasteiger partial charge < -0.3 is 14.0 Å². The maximum Gasteiger partial charge on any atom is 0.169 e. The van der Waals surface area contributed by atoms with Crippen molar-refractivity contribution in [1.29, 1.82) is 0 Å². The van der Waals surface area contributed by atoms with Gasteiger partial charge in [0.15, 0.2) is 5.16 Å². The van der Waals surface area contributed by atoms with Crippen LogP contribution in [0.15, 0.2) is 53.7 Å². The predicted octanol–water partition coefficient (Wildman–Crippen LogP) is 5.72. The number of hydrogen-bond donors (Lipinski definition) is 0. The first-order valence-electron chi connectivity index (χ1n) is 9.72. The molecule has 0 bridgehead atoms. The van der Waals surface area contributed by atoms with Crippen LogP contribution in [-0.4, -0.2) is 29.0 Å². The first-order valence-corrected chi connectivity index (χ1v) is 10.7. The van der Waals surface area contributed by atoms with Gasteiger partial charge in [-0.15, -0.1) is 0 Å². The maximum absolute atomic E-state index is 5.87. The van der Waals surface area contributed by atoms with Gasteiger partial charge in [-0.3, -0.25) is 0 Å². The third-order valence-electron chi connectivity index (χ3n) is 5.15. The van der Waals surface area contributed by atoms with Crippen LogP contribution < -0.4 is 9.47 Å². The molecule has 0 radical (unpaired) electrons. The van der Waals surface area contributed by atoms with Crippen molar-refractivity contribution in [2.24, 2.45) is 0 Å². The normalized spacial score (nSPS) is 15.1. The van der Waals surface area contributed by atoms with E-state index in [2.05, 4.69) is 28.8 Å². The molecule has 1 aliphatic rings. The Kier molecular flexibility index (Phi) is 5.87. The van der Waals surface area contributed by atoms with Gasteiger partial charge in [0, 0.05) is 11.8 Å². The summed E-state index contributed by atoms with van der Waals surface area (Å²) in [5.74, 6) is 2.59. The molecule has 0 aliphatic heterocycles. The summed E-state index contributed by atoms with van der Waals surface area (Å²) < 4.78 is 13.5. The average molecular weight is 383 g/mol. The summed E-state index contributed by atoms with van der Waals surface area (Å²) in [5, 5.41) is 1.13. The summed E-state index contributed by atoms with van der Waals surface area (Å²) in [7, 11) is 1.67. The van der Waals surface area contributed by atoms with Gasteiger partial charge in [-0.25, -0.2) is 4.98 Å². The van der Waals surface area contributed by atoms with Gasteiger partial charge in [-0.1, -0.05) is 43.2 Å². The van der Waals surface area contributed by atoms with E-state index in [0.29, 0.717) is 12.6 Å². The third kappa shape index (κ3) is 4.24. The number of rotatable bonds is 7. The van der Waals surface area contributed by atoms with E-state index in [4.69, 9.17) is 14.5 Å². The number of hydrogen-bond acceptors (Lipinski definition) is 4. The Bertz CT molecular complexity index is 870. The third-order valence-corrected chi connectivity index (χ3v) is 6.06. The number of para-hydroxylation sites is 2. The number of methoxy groups -OCH3 is 1. The van der Waals surface area contributed by atoms with Crippen LogP contribution in [0.25, 0.3) is 11.0 Å². The quantitative estimate of drug-likeness (QED) is 0.387. The van der Waals surface area contributed by atoms with Gasteiger partial charge in [0.1, 0.15) is 11.5 Å². The zero-order valence-electron chi connectivity index (χ0n) is 15.8. The van der Waals surface area contributed by atoms with Crippen molar-refractivity contribution in [3.63, 3.8) is 0 Å². The van der Waals surface area contributed by atoms with Crippen LogP contribution in [0.4, 0.5) is 0 Å². The molecule has 5 heteroatoms. The summed E-state index contributed by atoms with van der Waals surface area (Å²) in [5.41, 5.74) is 2.37. The summed E-state index contributed by atoms with van der Waals surface area (Å²) in [4.78, 5) is 4.91. The van der Waals surface area contributed by atoms with E-state index in [-0.39, 0.29) is 0 Å². The Balaban J connectivity index is 1.43. The van der Waals surface area contributed by atoms with Crippen LogP contribution in [0, 0.1) is 0 Å². The van der Waals surface area contributed by atoms with Crippen molar-refractivity contribution in [3.05, 3.63) is 48.5 Å². The minimum absolute atomic E-state index is 0.580. The summed E-state index contributed by atoms with van der Waals surface area (Å²) in [6, 6.07) is 16.8. The highest BCUT2D eigenvalue weighted by atomic mass is 32.2. The molecule has 0 spiro atoms. The lowest BCUT2D eigenvalue weighted by Gasteiger charge is -2.25. The molecule has 2 aromatic carbocycles. The number of fused-ring (bicyclic) bond motifs is 1. The van der Waals surface area contributed by atoms with Gasteiger partial charge >= 0.3 is 0 Å². The molecule has 1 saturated carbocycles. The monoisotopic (exact) mass is 382 g/mol. The molecule has 142 valence electrons. The molecular weight excluding hydrogens is 356 g/mol. The standard InChI is InChI=1S/C22H26N2O2S/c1-25-18-11-13-19(14-12-18)26-15-16-27-22-23-20-9-5-6-10-21(20)24(22)17-7-3-2-4-8-17/h5-6,9-14,17H,2-4,7-8,15-16H2,1H3. The molecular formula is C22H26N2O2S. The van der Waals surface area contributed by atoms with E-state index in [1.165, 1.54) is 37.6 Å². The summed E-state index contributed by atoms with van der Waals surface area (Å²) in [6.45, 7) is 0.658. The zero-order valence-corrected chi connectivity index (χ0v) is 16.6. The largest absolute Gasteiger partial charge is 0.497 e. The second-order valence-corrected chi connectivity index (χ2v) is 7.98. The zero-order chi connectivity index (χ0) is 18.5. The second kappa shape index (κ2) is 8.70. The van der Waals surface area contributed by atoms with E-state index in [1.54, 1.807) is 18.9 Å². The fourth-order valence-electron chi connectivity index (χ4n) is 3.78. The number of imidazole rings is 1. The van der Waals surface area contributed by atoms with Gasteiger partial charge in [0.05, 0.1) is 24.8 Å². The van der Waals surface area contributed by atoms with Crippen LogP contribution >= 0.6 is 11.8 Å². The van der Waals surface area contributed by atoms with E-state index in [0.717, 1.165) is 27.9 Å². The number of nitrogens with zero attached hydrogens (tertiary/aromatic N) is 2. The topological polar surface area (TPSA) is 36.3 Å². The minimum atomic E-state index is 0.580. The Morgan fingerprint density at radius 2 is 1.74 bits per heavy atom. The Morgan fingerprint density at radius 3 is 2.52 bits per heavy atom. The fourth-order valence-corrected chi connectivity index (χ4v) is 4.68. The van der Waals surface area contributed by atoms with E-state index >= 15 is 0 Å². The molecule has 4 rings (SSSR count). The lowest BCUT2D eigenvalue weighted by Crippen LogP contribution is -2.14. The molecule has 4 nitrogen and oxygen atoms in total. The molecule has 27 heavy (non-hydrogen) atoms. The first kappa shape index (κ1) is 18.2. The molecule has 0 unspecified atom stereocenters. The minimum Gasteiger partial charge on any atom is -0.497 e. The number of benzene rings is 2. The lowest BCUT2D eigenvalue weighted by molar-refractivity contribution is 0.338. The van der Waals surface area contributed by atoms with E-state index < -0.39 is 0 Å². The molecule has 3 aromatic rings. The molecule has 1 aliphatic carbocycles. The highest BCUT2D eigenvalue weighted by Crippen LogP contribution is 2.35. The van der Waals surface area contributed by atoms with Crippen molar-refractivity contribution in [3.8, 4) is 11.5 Å². The average Bonchev–Trinajstić information content (AvgIpc) is 3.10. The SMILES string of the molecule is COc1ccc(OCCSc2nc3ccccc3n2C2CCCCC2)cc1. The van der Waals surface area contributed by atoms with Gasteiger partial charge in [-0.2, -0.15) is 0 Å². The highest BCUT2D eigenvalue weighted by molar-refractivity contribution is 7.99. The molecule has 0 N–H and O–H groups in total. The molecule has 0 saturated heterocycles. The Labute approximate surface area is 164 Å². The van der Waals surface area contributed by atoms with Gasteiger partial charge in [0.25, 0.3) is 0 Å². The van der Waals surface area contributed by atoms with Crippen molar-refractivity contribution in [1.82, 2.24) is 9.55 Å². The van der Waals surface area contributed by atoms with Crippen molar-refractivity contribution < 1.29 is 9.47 Å². The lowest BCUT2D eigenvalue weighted by atomic mass is 9.95. The number of ether oxygens (including phenoxy) is 2. The van der Waals surface area contributed by atoms with Gasteiger partial charge in [-0.05, 0) is 49.2 Å². The molecule has 0 amide bonds. The van der Waals surface area contributed by atoms with Gasteiger partial charge in [0.2, 0.25) is 0 Å². The van der Waals surface area contributed by atoms with Crippen LogP contribution in [-0.2, 0) is 0 Å². The summed E-state index contributed by atoms with van der Waals surface area (Å²) >= 11 is 1.80. The Morgan fingerprint density at radius 1 is 1.00 bits per heavy atom. The van der Waals surface area contributed by atoms with Crippen molar-refractivity contribution in [2.45, 2.75) is 43.3 Å². The predicted molar refractivity (Wildman–Crippen MR) is 111 cm³/mol. The second-order valence-electron chi connectivity index (χ2n) is 6.92. The van der Waals surface area contributed by atoms with Crippen LogP contribution in [0.3, 0.4) is 0 Å². The Hall–Kier alpha value is -2.14. The van der Waals surface area contributed by atoms with Crippen molar-refractivity contribution >= 4 is 22.8 Å².